The monoisotopic (exact) mass is 486 g/mol. The Morgan fingerprint density at radius 3 is 1.53 bits per heavy atom. The van der Waals surface area contributed by atoms with Crippen LogP contribution in [0.4, 0.5) is 0 Å². The summed E-state index contributed by atoms with van der Waals surface area (Å²) in [6.07, 6.45) is 5.61. The van der Waals surface area contributed by atoms with Crippen LogP contribution in [0.25, 0.3) is 60.9 Å². The van der Waals surface area contributed by atoms with Crippen LogP contribution in [0.3, 0.4) is 0 Å². The summed E-state index contributed by atoms with van der Waals surface area (Å²) in [5.41, 5.74) is 5.58. The van der Waals surface area contributed by atoms with Crippen LogP contribution >= 0.6 is 0 Å². The van der Waals surface area contributed by atoms with E-state index >= 15 is 0 Å². The summed E-state index contributed by atoms with van der Waals surface area (Å²) in [4.78, 5) is 5.12. The maximum atomic E-state index is 5.12. The van der Waals surface area contributed by atoms with Gasteiger partial charge in [0.2, 0.25) is 5.82 Å². The number of fused-ring (bicyclic) bond motifs is 6. The Morgan fingerprint density at radius 1 is 0.474 bits per heavy atom. The molecule has 8 rings (SSSR count). The molecule has 0 radical (unpaired) electrons. The Morgan fingerprint density at radius 2 is 0.974 bits per heavy atom. The molecule has 8 aromatic rings. The van der Waals surface area contributed by atoms with E-state index in [4.69, 9.17) is 4.98 Å². The van der Waals surface area contributed by atoms with Crippen LogP contribution in [0.15, 0.2) is 134 Å². The number of rotatable bonds is 3. The summed E-state index contributed by atoms with van der Waals surface area (Å²) < 4.78 is 6.50. The van der Waals surface area contributed by atoms with Crippen LogP contribution in [-0.2, 0) is 0 Å². The van der Waals surface area contributed by atoms with Crippen molar-refractivity contribution in [2.75, 3.05) is 0 Å². The fraction of sp³-hybridized carbons (Fsp3) is 0. The second-order valence-corrected chi connectivity index (χ2v) is 9.47. The van der Waals surface area contributed by atoms with E-state index < -0.39 is 0 Å². The molecule has 0 saturated carbocycles. The van der Waals surface area contributed by atoms with Crippen LogP contribution in [0.5, 0.6) is 0 Å². The highest BCUT2D eigenvalue weighted by Crippen LogP contribution is 2.32. The summed E-state index contributed by atoms with van der Waals surface area (Å²) in [6.45, 7) is 0. The van der Waals surface area contributed by atoms with Gasteiger partial charge in [0, 0.05) is 39.5 Å². The number of para-hydroxylation sites is 4. The molecule has 0 aliphatic carbocycles. The molecule has 4 aromatic carbocycles. The zero-order valence-electron chi connectivity index (χ0n) is 20.5. The highest BCUT2D eigenvalue weighted by atomic mass is 15.1. The number of aromatic nitrogens is 4. The van der Waals surface area contributed by atoms with E-state index in [1.54, 1.807) is 0 Å². The third-order valence-corrected chi connectivity index (χ3v) is 7.32. The van der Waals surface area contributed by atoms with Crippen molar-refractivity contribution in [3.8, 4) is 17.3 Å². The molecular weight excluding hydrogens is 464 g/mol. The van der Waals surface area contributed by atoms with Gasteiger partial charge in [0.05, 0.1) is 28.3 Å². The Kier molecular flexibility index (Phi) is 4.49. The summed E-state index contributed by atoms with van der Waals surface area (Å²) >= 11 is 0. The van der Waals surface area contributed by atoms with Gasteiger partial charge in [-0.1, -0.05) is 83.8 Å². The van der Waals surface area contributed by atoms with Gasteiger partial charge in [0.1, 0.15) is 0 Å². The normalized spacial score (nSPS) is 11.7. The van der Waals surface area contributed by atoms with Crippen LogP contribution in [0, 0.1) is 6.20 Å². The van der Waals surface area contributed by atoms with Crippen LogP contribution in [-0.4, -0.2) is 14.1 Å². The summed E-state index contributed by atoms with van der Waals surface area (Å²) in [6, 6.07) is 44.4. The molecule has 0 spiro atoms. The van der Waals surface area contributed by atoms with Gasteiger partial charge in [-0.05, 0) is 30.3 Å². The lowest BCUT2D eigenvalue weighted by Gasteiger charge is -2.13. The summed E-state index contributed by atoms with van der Waals surface area (Å²) in [5.74, 6) is 1.69. The molecule has 0 aliphatic rings. The van der Waals surface area contributed by atoms with E-state index in [0.29, 0.717) is 0 Å². The van der Waals surface area contributed by atoms with Gasteiger partial charge in [-0.15, -0.1) is 12.1 Å². The van der Waals surface area contributed by atoms with Gasteiger partial charge in [-0.25, -0.2) is 0 Å². The van der Waals surface area contributed by atoms with Crippen molar-refractivity contribution in [3.63, 3.8) is 0 Å². The number of benzene rings is 4. The number of hydrogen-bond donors (Lipinski definition) is 0. The van der Waals surface area contributed by atoms with Crippen LogP contribution < -0.4 is 4.57 Å². The topological polar surface area (TPSA) is 26.6 Å². The van der Waals surface area contributed by atoms with Crippen molar-refractivity contribution in [2.45, 2.75) is 0 Å². The molecular formula is C34H22N4. The molecule has 4 nitrogen and oxygen atoms in total. The molecule has 0 unspecified atom stereocenters. The zero-order valence-corrected chi connectivity index (χ0v) is 20.5. The molecule has 0 N–H and O–H groups in total. The molecule has 0 atom stereocenters. The number of pyridine rings is 2. The lowest BCUT2D eigenvalue weighted by Crippen LogP contribution is -2.32. The van der Waals surface area contributed by atoms with Crippen molar-refractivity contribution in [2.24, 2.45) is 0 Å². The number of nitrogens with zero attached hydrogens (tertiary/aromatic N) is 4. The minimum atomic E-state index is 0.812. The molecule has 0 amide bonds. The minimum Gasteiger partial charge on any atom is -0.324 e. The third-order valence-electron chi connectivity index (χ3n) is 7.32. The van der Waals surface area contributed by atoms with Crippen molar-refractivity contribution >= 4 is 43.6 Å². The van der Waals surface area contributed by atoms with Gasteiger partial charge < -0.3 is 9.13 Å². The molecule has 38 heavy (non-hydrogen) atoms. The summed E-state index contributed by atoms with van der Waals surface area (Å²) in [5, 5.41) is 4.92. The predicted molar refractivity (Wildman–Crippen MR) is 153 cm³/mol. The van der Waals surface area contributed by atoms with E-state index in [9.17, 15) is 0 Å². The van der Waals surface area contributed by atoms with Crippen molar-refractivity contribution in [3.05, 3.63) is 140 Å². The van der Waals surface area contributed by atoms with Crippen LogP contribution in [0.1, 0.15) is 0 Å². The standard InChI is InChI=1S/C34H22N4/c1-5-16-29-25(12-1)26-13-2-6-17-30(26)37(29)24-11-10-22-36(23-24)33-20-9-21-34(35-33)38-31-18-7-3-14-27(31)28-15-4-8-19-32(28)38/h1-22H. The molecule has 0 fully saturated rings. The molecule has 0 saturated heterocycles. The van der Waals surface area contributed by atoms with Crippen molar-refractivity contribution < 1.29 is 4.57 Å². The molecule has 0 bridgehead atoms. The Bertz CT molecular complexity index is 1890. The maximum Gasteiger partial charge on any atom is 0.250 e. The molecule has 4 heteroatoms. The first-order chi connectivity index (χ1) is 18.9. The molecule has 178 valence electrons. The van der Waals surface area contributed by atoms with E-state index in [0.717, 1.165) is 39.4 Å². The number of hydrogen-bond acceptors (Lipinski definition) is 1. The average molecular weight is 487 g/mol. The van der Waals surface area contributed by atoms with E-state index in [-0.39, 0.29) is 0 Å². The first-order valence-corrected chi connectivity index (χ1v) is 12.8. The Labute approximate surface area is 219 Å². The SMILES string of the molecule is [c-]1c(-n2c3ccccc3c3ccccc32)ccc[n+]1-c1cccc(-n2c3ccccc3c3ccccc32)n1. The smallest absolute Gasteiger partial charge is 0.250 e. The second-order valence-electron chi connectivity index (χ2n) is 9.47. The lowest BCUT2D eigenvalue weighted by molar-refractivity contribution is -0.603. The van der Waals surface area contributed by atoms with Gasteiger partial charge >= 0.3 is 0 Å². The maximum absolute atomic E-state index is 5.12. The molecule has 4 aromatic heterocycles. The molecule has 0 aliphatic heterocycles. The fourth-order valence-corrected chi connectivity index (χ4v) is 5.70. The first kappa shape index (κ1) is 20.9. The van der Waals surface area contributed by atoms with E-state index in [1.807, 2.05) is 16.8 Å². The van der Waals surface area contributed by atoms with Crippen LogP contribution in [0.2, 0.25) is 0 Å². The first-order valence-electron chi connectivity index (χ1n) is 12.8. The summed E-state index contributed by atoms with van der Waals surface area (Å²) in [7, 11) is 0. The minimum absolute atomic E-state index is 0.812. The van der Waals surface area contributed by atoms with Gasteiger partial charge in [-0.3, -0.25) is 4.57 Å². The predicted octanol–water partition coefficient (Wildman–Crippen LogP) is 7.35. The van der Waals surface area contributed by atoms with Crippen molar-refractivity contribution in [1.29, 1.82) is 0 Å². The third kappa shape index (κ3) is 3.04. The lowest BCUT2D eigenvalue weighted by atomic mass is 10.2. The largest absolute Gasteiger partial charge is 0.324 e. The zero-order chi connectivity index (χ0) is 25.1. The quantitative estimate of drug-likeness (QED) is 0.189. The fourth-order valence-electron chi connectivity index (χ4n) is 5.70. The second kappa shape index (κ2) is 8.15. The Balaban J connectivity index is 1.32. The van der Waals surface area contributed by atoms with E-state index in [1.165, 1.54) is 21.5 Å². The highest BCUT2D eigenvalue weighted by Gasteiger charge is 2.16. The highest BCUT2D eigenvalue weighted by molar-refractivity contribution is 6.10. The van der Waals surface area contributed by atoms with Gasteiger partial charge in [-0.2, -0.15) is 0 Å². The van der Waals surface area contributed by atoms with Gasteiger partial charge in [0.25, 0.3) is 5.82 Å². The van der Waals surface area contributed by atoms with Gasteiger partial charge in [0.15, 0.2) is 0 Å². The average Bonchev–Trinajstić information content (AvgIpc) is 3.51. The molecule has 4 heterocycles. The Hall–Kier alpha value is -5.22. The van der Waals surface area contributed by atoms with Crippen molar-refractivity contribution in [1.82, 2.24) is 14.1 Å². The van der Waals surface area contributed by atoms with E-state index in [2.05, 4.69) is 137 Å².